The number of rotatable bonds is 5. The lowest BCUT2D eigenvalue weighted by atomic mass is 10.2. The maximum Gasteiger partial charge on any atom is 0.123 e. The summed E-state index contributed by atoms with van der Waals surface area (Å²) in [5.74, 6) is -0.223. The minimum Gasteiger partial charge on any atom is -0.384 e. The summed E-state index contributed by atoms with van der Waals surface area (Å²) < 4.78 is 13.0. The van der Waals surface area contributed by atoms with Gasteiger partial charge in [-0.05, 0) is 44.2 Å². The predicted molar refractivity (Wildman–Crippen MR) is 77.5 cm³/mol. The molecule has 0 unspecified atom stereocenters. The van der Waals surface area contributed by atoms with E-state index in [-0.39, 0.29) is 5.82 Å². The van der Waals surface area contributed by atoms with Crippen LogP contribution < -0.4 is 10.2 Å². The van der Waals surface area contributed by atoms with Crippen LogP contribution in [0.15, 0.2) is 42.7 Å². The summed E-state index contributed by atoms with van der Waals surface area (Å²) in [4.78, 5) is 6.33. The SMILES string of the molecule is CCNc1cncc(N(CC)c2ccc(F)cc2)c1. The van der Waals surface area contributed by atoms with Gasteiger partial charge in [0.25, 0.3) is 0 Å². The van der Waals surface area contributed by atoms with Crippen molar-refractivity contribution in [2.45, 2.75) is 13.8 Å². The Morgan fingerprint density at radius 2 is 1.84 bits per heavy atom. The van der Waals surface area contributed by atoms with Crippen LogP contribution in [0.1, 0.15) is 13.8 Å². The fourth-order valence-corrected chi connectivity index (χ4v) is 2.01. The van der Waals surface area contributed by atoms with Crippen molar-refractivity contribution < 1.29 is 4.39 Å². The third-order valence-electron chi connectivity index (χ3n) is 2.87. The number of halogens is 1. The summed E-state index contributed by atoms with van der Waals surface area (Å²) in [6.07, 6.45) is 3.61. The van der Waals surface area contributed by atoms with Crippen molar-refractivity contribution in [2.75, 3.05) is 23.3 Å². The van der Waals surface area contributed by atoms with Gasteiger partial charge in [0.1, 0.15) is 5.82 Å². The number of benzene rings is 1. The molecule has 2 aromatic rings. The van der Waals surface area contributed by atoms with Crippen LogP contribution in [0.3, 0.4) is 0 Å². The molecule has 0 atom stereocenters. The molecule has 1 N–H and O–H groups in total. The molecular formula is C15H18FN3. The number of aromatic nitrogens is 1. The maximum atomic E-state index is 13.0. The highest BCUT2D eigenvalue weighted by Gasteiger charge is 2.08. The van der Waals surface area contributed by atoms with Crippen molar-refractivity contribution in [1.82, 2.24) is 4.98 Å². The Morgan fingerprint density at radius 3 is 2.47 bits per heavy atom. The zero-order valence-electron chi connectivity index (χ0n) is 11.2. The Morgan fingerprint density at radius 1 is 1.11 bits per heavy atom. The number of hydrogen-bond acceptors (Lipinski definition) is 3. The van der Waals surface area contributed by atoms with Gasteiger partial charge in [0.2, 0.25) is 0 Å². The minimum atomic E-state index is -0.223. The van der Waals surface area contributed by atoms with E-state index in [1.165, 1.54) is 12.1 Å². The quantitative estimate of drug-likeness (QED) is 0.885. The summed E-state index contributed by atoms with van der Waals surface area (Å²) in [7, 11) is 0. The van der Waals surface area contributed by atoms with Gasteiger partial charge >= 0.3 is 0 Å². The Hall–Kier alpha value is -2.10. The van der Waals surface area contributed by atoms with E-state index < -0.39 is 0 Å². The van der Waals surface area contributed by atoms with Gasteiger partial charge < -0.3 is 10.2 Å². The second-order valence-electron chi connectivity index (χ2n) is 4.18. The molecule has 1 heterocycles. The van der Waals surface area contributed by atoms with E-state index in [1.807, 2.05) is 19.2 Å². The van der Waals surface area contributed by atoms with E-state index in [2.05, 4.69) is 22.1 Å². The van der Waals surface area contributed by atoms with Crippen molar-refractivity contribution in [1.29, 1.82) is 0 Å². The van der Waals surface area contributed by atoms with Gasteiger partial charge in [0.05, 0.1) is 23.8 Å². The molecule has 0 fully saturated rings. The molecule has 0 saturated carbocycles. The molecule has 0 spiro atoms. The molecule has 0 aliphatic rings. The molecule has 3 nitrogen and oxygen atoms in total. The molecule has 1 aromatic carbocycles. The first-order valence-electron chi connectivity index (χ1n) is 6.46. The number of hydrogen-bond donors (Lipinski definition) is 1. The second kappa shape index (κ2) is 6.18. The lowest BCUT2D eigenvalue weighted by Crippen LogP contribution is -2.16. The predicted octanol–water partition coefficient (Wildman–Crippen LogP) is 3.81. The van der Waals surface area contributed by atoms with Crippen molar-refractivity contribution in [3.05, 3.63) is 48.5 Å². The van der Waals surface area contributed by atoms with Gasteiger partial charge in [0.15, 0.2) is 0 Å². The van der Waals surface area contributed by atoms with Crippen LogP contribution in [0.5, 0.6) is 0 Å². The van der Waals surface area contributed by atoms with E-state index in [4.69, 9.17) is 0 Å². The molecule has 0 amide bonds. The standard InChI is InChI=1S/C15H18FN3/c1-3-18-13-9-15(11-17-10-13)19(4-2)14-7-5-12(16)6-8-14/h5-11,18H,3-4H2,1-2H3. The molecule has 19 heavy (non-hydrogen) atoms. The monoisotopic (exact) mass is 259 g/mol. The van der Waals surface area contributed by atoms with Crippen molar-refractivity contribution >= 4 is 17.1 Å². The third-order valence-corrected chi connectivity index (χ3v) is 2.87. The van der Waals surface area contributed by atoms with Gasteiger partial charge in [0, 0.05) is 18.8 Å². The van der Waals surface area contributed by atoms with Crippen LogP contribution in [-0.4, -0.2) is 18.1 Å². The van der Waals surface area contributed by atoms with Crippen molar-refractivity contribution in [3.8, 4) is 0 Å². The first-order valence-corrected chi connectivity index (χ1v) is 6.46. The van der Waals surface area contributed by atoms with Gasteiger partial charge in [-0.15, -0.1) is 0 Å². The zero-order valence-corrected chi connectivity index (χ0v) is 11.2. The molecule has 100 valence electrons. The smallest absolute Gasteiger partial charge is 0.123 e. The van der Waals surface area contributed by atoms with Crippen LogP contribution in [0.4, 0.5) is 21.5 Å². The molecule has 0 saturated heterocycles. The number of nitrogens with one attached hydrogen (secondary N) is 1. The molecule has 4 heteroatoms. The topological polar surface area (TPSA) is 28.2 Å². The Balaban J connectivity index is 2.30. The molecule has 0 aliphatic carbocycles. The van der Waals surface area contributed by atoms with Crippen LogP contribution in [-0.2, 0) is 0 Å². The molecule has 0 aliphatic heterocycles. The van der Waals surface area contributed by atoms with Crippen LogP contribution in [0.25, 0.3) is 0 Å². The summed E-state index contributed by atoms with van der Waals surface area (Å²) >= 11 is 0. The first-order chi connectivity index (χ1) is 9.24. The lowest BCUT2D eigenvalue weighted by Gasteiger charge is -2.23. The summed E-state index contributed by atoms with van der Waals surface area (Å²) in [6, 6.07) is 8.54. The minimum absolute atomic E-state index is 0.223. The first kappa shape index (κ1) is 13.3. The molecule has 1 aromatic heterocycles. The average Bonchev–Trinajstić information content (AvgIpc) is 2.43. The Kier molecular flexibility index (Phi) is 4.34. The highest BCUT2D eigenvalue weighted by Crippen LogP contribution is 2.26. The lowest BCUT2D eigenvalue weighted by molar-refractivity contribution is 0.628. The van der Waals surface area contributed by atoms with E-state index in [0.717, 1.165) is 30.2 Å². The third kappa shape index (κ3) is 3.22. The highest BCUT2D eigenvalue weighted by atomic mass is 19.1. The molecule has 0 bridgehead atoms. The fraction of sp³-hybridized carbons (Fsp3) is 0.267. The zero-order chi connectivity index (χ0) is 13.7. The van der Waals surface area contributed by atoms with Gasteiger partial charge in [-0.2, -0.15) is 0 Å². The highest BCUT2D eigenvalue weighted by molar-refractivity contribution is 5.65. The normalized spacial score (nSPS) is 10.3. The fourth-order valence-electron chi connectivity index (χ4n) is 2.01. The van der Waals surface area contributed by atoms with Gasteiger partial charge in [-0.1, -0.05) is 0 Å². The van der Waals surface area contributed by atoms with Crippen LogP contribution in [0, 0.1) is 5.82 Å². The van der Waals surface area contributed by atoms with E-state index in [0.29, 0.717) is 0 Å². The average molecular weight is 259 g/mol. The molecule has 2 rings (SSSR count). The second-order valence-corrected chi connectivity index (χ2v) is 4.18. The maximum absolute atomic E-state index is 13.0. The largest absolute Gasteiger partial charge is 0.384 e. The van der Waals surface area contributed by atoms with Crippen molar-refractivity contribution in [3.63, 3.8) is 0 Å². The number of pyridine rings is 1. The summed E-state index contributed by atoms with van der Waals surface area (Å²) in [5.41, 5.74) is 2.94. The number of anilines is 3. The van der Waals surface area contributed by atoms with E-state index in [1.54, 1.807) is 18.3 Å². The van der Waals surface area contributed by atoms with Gasteiger partial charge in [-0.3, -0.25) is 4.98 Å². The molecule has 0 radical (unpaired) electrons. The van der Waals surface area contributed by atoms with E-state index in [9.17, 15) is 4.39 Å². The molecular weight excluding hydrogens is 241 g/mol. The van der Waals surface area contributed by atoms with Crippen molar-refractivity contribution in [2.24, 2.45) is 0 Å². The Bertz CT molecular complexity index is 525. The summed E-state index contributed by atoms with van der Waals surface area (Å²) in [6.45, 7) is 5.75. The Labute approximate surface area is 113 Å². The van der Waals surface area contributed by atoms with Crippen LogP contribution in [0.2, 0.25) is 0 Å². The van der Waals surface area contributed by atoms with E-state index >= 15 is 0 Å². The van der Waals surface area contributed by atoms with Crippen LogP contribution >= 0.6 is 0 Å². The van der Waals surface area contributed by atoms with Gasteiger partial charge in [-0.25, -0.2) is 4.39 Å². The number of nitrogens with zero attached hydrogens (tertiary/aromatic N) is 2. The summed E-state index contributed by atoms with van der Waals surface area (Å²) in [5, 5.41) is 3.24.